The van der Waals surface area contributed by atoms with Gasteiger partial charge in [0, 0.05) is 43.1 Å². The predicted molar refractivity (Wildman–Crippen MR) is 111 cm³/mol. The number of rotatable bonds is 7. The van der Waals surface area contributed by atoms with Crippen LogP contribution in [0, 0.1) is 6.92 Å². The predicted octanol–water partition coefficient (Wildman–Crippen LogP) is 3.80. The lowest BCUT2D eigenvalue weighted by atomic mass is 9.99. The fraction of sp³-hybridized carbons (Fsp3) is 0.318. The van der Waals surface area contributed by atoms with Crippen molar-refractivity contribution in [1.82, 2.24) is 14.7 Å². The van der Waals surface area contributed by atoms with Crippen LogP contribution in [0.15, 0.2) is 49.4 Å². The molecule has 0 aliphatic carbocycles. The highest BCUT2D eigenvalue weighted by molar-refractivity contribution is 5.69. The van der Waals surface area contributed by atoms with Gasteiger partial charge in [-0.05, 0) is 55.3 Å². The maximum atomic E-state index is 5.64. The zero-order valence-electron chi connectivity index (χ0n) is 16.0. The molecule has 0 atom stereocenters. The standard InChI is InChI=1S/C22H26N4O/c1-4-23-8-6-17-12-18(13-21(27-3)16(17)2)20-15-24-22-14-19(7-11-26(20)22)25-9-5-10-25/h4,7,11-15,23H,1,5-6,8-10H2,2-3H3. The summed E-state index contributed by atoms with van der Waals surface area (Å²) in [4.78, 5) is 7.03. The largest absolute Gasteiger partial charge is 0.496 e. The first kappa shape index (κ1) is 17.5. The molecule has 1 saturated heterocycles. The van der Waals surface area contributed by atoms with Crippen LogP contribution in [0.5, 0.6) is 5.75 Å². The van der Waals surface area contributed by atoms with Gasteiger partial charge in [0.05, 0.1) is 19.0 Å². The molecule has 0 radical (unpaired) electrons. The van der Waals surface area contributed by atoms with Crippen LogP contribution in [0.1, 0.15) is 17.5 Å². The second-order valence-electron chi connectivity index (χ2n) is 6.97. The van der Waals surface area contributed by atoms with Gasteiger partial charge in [0.25, 0.3) is 0 Å². The van der Waals surface area contributed by atoms with E-state index in [1.165, 1.54) is 23.2 Å². The molecule has 1 fully saturated rings. The molecule has 0 spiro atoms. The van der Waals surface area contributed by atoms with Crippen LogP contribution in [0.25, 0.3) is 16.9 Å². The lowest BCUT2D eigenvalue weighted by molar-refractivity contribution is 0.411. The molecule has 140 valence electrons. The lowest BCUT2D eigenvalue weighted by Crippen LogP contribution is -2.36. The fourth-order valence-corrected chi connectivity index (χ4v) is 3.63. The van der Waals surface area contributed by atoms with Crippen molar-refractivity contribution in [2.45, 2.75) is 19.8 Å². The highest BCUT2D eigenvalue weighted by atomic mass is 16.5. The molecule has 5 nitrogen and oxygen atoms in total. The normalized spacial score (nSPS) is 13.5. The van der Waals surface area contributed by atoms with Gasteiger partial charge in [-0.25, -0.2) is 4.98 Å². The zero-order chi connectivity index (χ0) is 18.8. The summed E-state index contributed by atoms with van der Waals surface area (Å²) >= 11 is 0. The van der Waals surface area contributed by atoms with Crippen molar-refractivity contribution in [3.8, 4) is 17.0 Å². The molecule has 5 heteroatoms. The van der Waals surface area contributed by atoms with Gasteiger partial charge in [0.1, 0.15) is 11.4 Å². The third-order valence-electron chi connectivity index (χ3n) is 5.38. The van der Waals surface area contributed by atoms with Gasteiger partial charge in [0.15, 0.2) is 0 Å². The van der Waals surface area contributed by atoms with Crippen molar-refractivity contribution in [3.05, 3.63) is 60.6 Å². The van der Waals surface area contributed by atoms with E-state index in [0.717, 1.165) is 48.7 Å². The van der Waals surface area contributed by atoms with Gasteiger partial charge >= 0.3 is 0 Å². The Morgan fingerprint density at radius 3 is 2.85 bits per heavy atom. The number of benzene rings is 1. The van der Waals surface area contributed by atoms with Crippen LogP contribution in [0.2, 0.25) is 0 Å². The third kappa shape index (κ3) is 3.25. The van der Waals surface area contributed by atoms with Crippen molar-refractivity contribution in [2.75, 3.05) is 31.6 Å². The van der Waals surface area contributed by atoms with Crippen LogP contribution in [0.4, 0.5) is 5.69 Å². The molecule has 2 aromatic heterocycles. The molecule has 1 N–H and O–H groups in total. The number of methoxy groups -OCH3 is 1. The number of pyridine rings is 1. The van der Waals surface area contributed by atoms with Crippen LogP contribution in [-0.2, 0) is 6.42 Å². The summed E-state index contributed by atoms with van der Waals surface area (Å²) in [7, 11) is 1.73. The van der Waals surface area contributed by atoms with E-state index < -0.39 is 0 Å². The van der Waals surface area contributed by atoms with Crippen LogP contribution in [-0.4, -0.2) is 36.1 Å². The average molecular weight is 362 g/mol. The Morgan fingerprint density at radius 2 is 2.15 bits per heavy atom. The van der Waals surface area contributed by atoms with E-state index in [1.54, 1.807) is 13.3 Å². The first-order chi connectivity index (χ1) is 13.2. The smallest absolute Gasteiger partial charge is 0.139 e. The molecular formula is C22H26N4O. The summed E-state index contributed by atoms with van der Waals surface area (Å²) in [5.41, 5.74) is 6.88. The van der Waals surface area contributed by atoms with Gasteiger partial charge in [-0.2, -0.15) is 0 Å². The number of anilines is 1. The molecule has 4 rings (SSSR count). The van der Waals surface area contributed by atoms with Crippen LogP contribution >= 0.6 is 0 Å². The van der Waals surface area contributed by atoms with Crippen molar-refractivity contribution < 1.29 is 4.74 Å². The fourth-order valence-electron chi connectivity index (χ4n) is 3.63. The molecule has 0 amide bonds. The molecule has 3 heterocycles. The summed E-state index contributed by atoms with van der Waals surface area (Å²) in [6, 6.07) is 8.70. The number of fused-ring (bicyclic) bond motifs is 1. The van der Waals surface area contributed by atoms with Gasteiger partial charge in [0.2, 0.25) is 0 Å². The minimum Gasteiger partial charge on any atom is -0.496 e. The van der Waals surface area contributed by atoms with E-state index in [1.807, 2.05) is 6.20 Å². The minimum absolute atomic E-state index is 0.850. The molecular weight excluding hydrogens is 336 g/mol. The summed E-state index contributed by atoms with van der Waals surface area (Å²) in [5, 5.41) is 3.17. The van der Waals surface area contributed by atoms with Gasteiger partial charge in [-0.3, -0.25) is 4.40 Å². The third-order valence-corrected chi connectivity index (χ3v) is 5.38. The van der Waals surface area contributed by atoms with E-state index in [2.05, 4.69) is 63.6 Å². The molecule has 0 unspecified atom stereocenters. The van der Waals surface area contributed by atoms with E-state index in [-0.39, 0.29) is 0 Å². The number of ether oxygens (including phenoxy) is 1. The van der Waals surface area contributed by atoms with E-state index in [0.29, 0.717) is 0 Å². The van der Waals surface area contributed by atoms with E-state index >= 15 is 0 Å². The number of hydrogen-bond donors (Lipinski definition) is 1. The number of nitrogens with zero attached hydrogens (tertiary/aromatic N) is 3. The molecule has 1 aromatic carbocycles. The number of nitrogens with one attached hydrogen (secondary N) is 1. The number of imidazole rings is 1. The van der Waals surface area contributed by atoms with Crippen molar-refractivity contribution in [1.29, 1.82) is 0 Å². The van der Waals surface area contributed by atoms with Crippen molar-refractivity contribution in [2.24, 2.45) is 0 Å². The van der Waals surface area contributed by atoms with Crippen LogP contribution in [0.3, 0.4) is 0 Å². The average Bonchev–Trinajstić information content (AvgIpc) is 3.05. The second kappa shape index (κ2) is 7.35. The van der Waals surface area contributed by atoms with Gasteiger partial charge in [-0.15, -0.1) is 0 Å². The summed E-state index contributed by atoms with van der Waals surface area (Å²) in [6.45, 7) is 8.96. The van der Waals surface area contributed by atoms with E-state index in [4.69, 9.17) is 4.74 Å². The quantitative estimate of drug-likeness (QED) is 0.649. The number of aromatic nitrogens is 2. The summed E-state index contributed by atoms with van der Waals surface area (Å²) in [5.74, 6) is 0.910. The summed E-state index contributed by atoms with van der Waals surface area (Å²) in [6.07, 6.45) is 7.99. The molecule has 1 aliphatic heterocycles. The summed E-state index contributed by atoms with van der Waals surface area (Å²) < 4.78 is 7.79. The van der Waals surface area contributed by atoms with Gasteiger partial charge in [-0.1, -0.05) is 6.58 Å². The number of hydrogen-bond acceptors (Lipinski definition) is 4. The molecule has 0 saturated carbocycles. The van der Waals surface area contributed by atoms with Crippen molar-refractivity contribution >= 4 is 11.3 Å². The molecule has 3 aromatic rings. The Morgan fingerprint density at radius 1 is 1.30 bits per heavy atom. The van der Waals surface area contributed by atoms with Crippen molar-refractivity contribution in [3.63, 3.8) is 0 Å². The first-order valence-electron chi connectivity index (χ1n) is 9.45. The highest BCUT2D eigenvalue weighted by Crippen LogP contribution is 2.32. The highest BCUT2D eigenvalue weighted by Gasteiger charge is 2.16. The monoisotopic (exact) mass is 362 g/mol. The Labute approximate surface area is 160 Å². The van der Waals surface area contributed by atoms with Crippen LogP contribution < -0.4 is 15.0 Å². The molecule has 1 aliphatic rings. The Hall–Kier alpha value is -2.95. The maximum absolute atomic E-state index is 5.64. The Kier molecular flexibility index (Phi) is 4.75. The lowest BCUT2D eigenvalue weighted by Gasteiger charge is -2.33. The second-order valence-corrected chi connectivity index (χ2v) is 6.97. The Balaban J connectivity index is 1.73. The molecule has 27 heavy (non-hydrogen) atoms. The van der Waals surface area contributed by atoms with E-state index in [9.17, 15) is 0 Å². The maximum Gasteiger partial charge on any atom is 0.139 e. The Bertz CT molecular complexity index is 972. The zero-order valence-corrected chi connectivity index (χ0v) is 16.0. The van der Waals surface area contributed by atoms with Gasteiger partial charge < -0.3 is 15.0 Å². The first-order valence-corrected chi connectivity index (χ1v) is 9.45. The molecule has 0 bridgehead atoms. The minimum atomic E-state index is 0.850. The SMILES string of the molecule is C=CNCCc1cc(-c2cnc3cc(N4CCC4)ccn23)cc(OC)c1C. The topological polar surface area (TPSA) is 41.8 Å².